The number of hydrogen-bond donors (Lipinski definition) is 0. The van der Waals surface area contributed by atoms with E-state index >= 15 is 0 Å². The Morgan fingerprint density at radius 3 is 2.44 bits per heavy atom. The summed E-state index contributed by atoms with van der Waals surface area (Å²) in [6.07, 6.45) is 0.644. The number of fused-ring (bicyclic) bond motifs is 1. The molecule has 0 saturated carbocycles. The van der Waals surface area contributed by atoms with Gasteiger partial charge in [-0.1, -0.05) is 24.3 Å². The number of amides is 1. The Labute approximate surface area is 200 Å². The number of sulfonamides is 1. The molecule has 2 aliphatic heterocycles. The molecule has 1 saturated heterocycles. The summed E-state index contributed by atoms with van der Waals surface area (Å²) in [7, 11) is -3.72. The lowest BCUT2D eigenvalue weighted by Gasteiger charge is -2.35. The molecule has 0 aliphatic carbocycles. The highest BCUT2D eigenvalue weighted by molar-refractivity contribution is 7.89. The first-order valence-electron chi connectivity index (χ1n) is 11.6. The molecular formula is C25H30N2O6S. The molecule has 0 radical (unpaired) electrons. The maximum Gasteiger partial charge on any atom is 0.243 e. The number of benzene rings is 2. The second-order valence-corrected chi connectivity index (χ2v) is 10.6. The first-order chi connectivity index (χ1) is 16.3. The van der Waals surface area contributed by atoms with E-state index in [0.29, 0.717) is 49.6 Å². The minimum absolute atomic E-state index is 0.0144. The molecule has 34 heavy (non-hydrogen) atoms. The van der Waals surface area contributed by atoms with Crippen LogP contribution in [0.5, 0.6) is 11.5 Å². The number of nitrogens with zero attached hydrogens (tertiary/aromatic N) is 2. The molecule has 8 nitrogen and oxygen atoms in total. The van der Waals surface area contributed by atoms with Crippen molar-refractivity contribution in [2.45, 2.75) is 37.7 Å². The molecule has 9 heteroatoms. The number of piperidine rings is 1. The molecule has 1 unspecified atom stereocenters. The Morgan fingerprint density at radius 1 is 1.06 bits per heavy atom. The topological polar surface area (TPSA) is 93.2 Å². The van der Waals surface area contributed by atoms with Crippen LogP contribution >= 0.6 is 0 Å². The predicted molar refractivity (Wildman–Crippen MR) is 127 cm³/mol. The highest BCUT2D eigenvalue weighted by atomic mass is 32.2. The van der Waals surface area contributed by atoms with Crippen molar-refractivity contribution in [3.63, 3.8) is 0 Å². The fourth-order valence-corrected chi connectivity index (χ4v) is 5.92. The number of rotatable bonds is 7. The van der Waals surface area contributed by atoms with Gasteiger partial charge in [-0.3, -0.25) is 9.59 Å². The second-order valence-electron chi connectivity index (χ2n) is 8.64. The molecule has 2 heterocycles. The van der Waals surface area contributed by atoms with Crippen molar-refractivity contribution in [2.24, 2.45) is 5.92 Å². The molecule has 2 aromatic rings. The number of carbonyl (C=O) groups is 2. The molecule has 2 aliphatic rings. The van der Waals surface area contributed by atoms with Crippen LogP contribution in [-0.2, 0) is 14.8 Å². The summed E-state index contributed by atoms with van der Waals surface area (Å²) in [6.45, 7) is 5.18. The van der Waals surface area contributed by atoms with Gasteiger partial charge in [-0.2, -0.15) is 4.31 Å². The Kier molecular flexibility index (Phi) is 7.23. The fraction of sp³-hybridized carbons (Fsp3) is 0.440. The molecule has 0 aromatic heterocycles. The van der Waals surface area contributed by atoms with Gasteiger partial charge in [0, 0.05) is 31.1 Å². The first-order valence-corrected chi connectivity index (χ1v) is 13.0. The maximum absolute atomic E-state index is 13.2. The van der Waals surface area contributed by atoms with Gasteiger partial charge in [-0.05, 0) is 51.0 Å². The quantitative estimate of drug-likeness (QED) is 0.559. The van der Waals surface area contributed by atoms with Crippen LogP contribution in [0, 0.1) is 5.92 Å². The standard InChI is InChI=1S/C25H30N2O6S/c1-3-26(16-21-17-32-23-9-4-5-10-24(23)33-21)25(29)19-11-13-27(14-12-19)34(30,31)22-8-6-7-20(15-22)18(2)28/h4-10,15,19,21H,3,11-14,16-17H2,1-2H3. The van der Waals surface area contributed by atoms with E-state index in [1.165, 1.54) is 23.4 Å². The third-order valence-electron chi connectivity index (χ3n) is 6.37. The van der Waals surface area contributed by atoms with Crippen LogP contribution in [0.4, 0.5) is 0 Å². The number of likely N-dealkylation sites (N-methyl/N-ethyl adjacent to an activating group) is 1. The average molecular weight is 487 g/mol. The SMILES string of the molecule is CCN(CC1COc2ccccc2O1)C(=O)C1CCN(S(=O)(=O)c2cccc(C(C)=O)c2)CC1. The molecule has 0 bridgehead atoms. The van der Waals surface area contributed by atoms with Crippen molar-refractivity contribution < 1.29 is 27.5 Å². The highest BCUT2D eigenvalue weighted by Gasteiger charge is 2.35. The van der Waals surface area contributed by atoms with Crippen molar-refractivity contribution in [1.82, 2.24) is 9.21 Å². The number of para-hydroxylation sites is 2. The van der Waals surface area contributed by atoms with Crippen LogP contribution in [0.1, 0.15) is 37.0 Å². The fourth-order valence-electron chi connectivity index (χ4n) is 4.40. The summed E-state index contributed by atoms with van der Waals surface area (Å²) in [5, 5.41) is 0. The molecule has 182 valence electrons. The summed E-state index contributed by atoms with van der Waals surface area (Å²) < 4.78 is 39.3. The number of ketones is 1. The van der Waals surface area contributed by atoms with E-state index in [1.807, 2.05) is 31.2 Å². The summed E-state index contributed by atoms with van der Waals surface area (Å²) in [4.78, 5) is 26.7. The molecule has 0 N–H and O–H groups in total. The van der Waals surface area contributed by atoms with Gasteiger partial charge in [0.2, 0.25) is 15.9 Å². The van der Waals surface area contributed by atoms with Crippen LogP contribution in [0.3, 0.4) is 0 Å². The predicted octanol–water partition coefficient (Wildman–Crippen LogP) is 2.98. The Balaban J connectivity index is 1.36. The van der Waals surface area contributed by atoms with E-state index in [1.54, 1.807) is 17.0 Å². The minimum atomic E-state index is -3.72. The van der Waals surface area contributed by atoms with Crippen LogP contribution in [-0.4, -0.2) is 68.2 Å². The second kappa shape index (κ2) is 10.1. The minimum Gasteiger partial charge on any atom is -0.486 e. The van der Waals surface area contributed by atoms with Crippen LogP contribution in [0.2, 0.25) is 0 Å². The van der Waals surface area contributed by atoms with Crippen molar-refractivity contribution in [1.29, 1.82) is 0 Å². The highest BCUT2D eigenvalue weighted by Crippen LogP contribution is 2.31. The van der Waals surface area contributed by atoms with E-state index in [4.69, 9.17) is 9.47 Å². The molecule has 4 rings (SSSR count). The third kappa shape index (κ3) is 5.10. The van der Waals surface area contributed by atoms with Crippen molar-refractivity contribution in [3.8, 4) is 11.5 Å². The van der Waals surface area contributed by atoms with Crippen molar-refractivity contribution in [3.05, 3.63) is 54.1 Å². The van der Waals surface area contributed by atoms with Crippen molar-refractivity contribution >= 4 is 21.7 Å². The zero-order valence-electron chi connectivity index (χ0n) is 19.5. The molecule has 1 fully saturated rings. The molecule has 0 spiro atoms. The Bertz CT molecular complexity index is 1160. The van der Waals surface area contributed by atoms with Gasteiger partial charge >= 0.3 is 0 Å². The van der Waals surface area contributed by atoms with E-state index in [2.05, 4.69) is 0 Å². The summed E-state index contributed by atoms with van der Waals surface area (Å²) in [6, 6.07) is 13.6. The monoisotopic (exact) mass is 486 g/mol. The number of hydrogen-bond acceptors (Lipinski definition) is 6. The molecule has 2 aromatic carbocycles. The van der Waals surface area contributed by atoms with E-state index in [0.717, 1.165) is 0 Å². The maximum atomic E-state index is 13.2. The number of carbonyl (C=O) groups excluding carboxylic acids is 2. The zero-order chi connectivity index (χ0) is 24.3. The van der Waals surface area contributed by atoms with Crippen molar-refractivity contribution in [2.75, 3.05) is 32.8 Å². The molecule has 1 amide bonds. The van der Waals surface area contributed by atoms with Crippen LogP contribution in [0.25, 0.3) is 0 Å². The summed E-state index contributed by atoms with van der Waals surface area (Å²) in [5.74, 6) is 0.967. The summed E-state index contributed by atoms with van der Waals surface area (Å²) >= 11 is 0. The van der Waals surface area contributed by atoms with E-state index in [9.17, 15) is 18.0 Å². The van der Waals surface area contributed by atoms with E-state index in [-0.39, 0.29) is 41.7 Å². The van der Waals surface area contributed by atoms with Gasteiger partial charge in [0.25, 0.3) is 0 Å². The Morgan fingerprint density at radius 2 is 1.76 bits per heavy atom. The zero-order valence-corrected chi connectivity index (χ0v) is 20.3. The normalized spacial score (nSPS) is 18.9. The van der Waals surface area contributed by atoms with Gasteiger partial charge in [0.15, 0.2) is 23.4 Å². The molecule has 1 atom stereocenters. The first kappa shape index (κ1) is 24.2. The lowest BCUT2D eigenvalue weighted by Crippen LogP contribution is -2.48. The largest absolute Gasteiger partial charge is 0.486 e. The third-order valence-corrected chi connectivity index (χ3v) is 8.26. The average Bonchev–Trinajstić information content (AvgIpc) is 2.87. The van der Waals surface area contributed by atoms with Gasteiger partial charge in [0.05, 0.1) is 11.4 Å². The Hall–Kier alpha value is -2.91. The van der Waals surface area contributed by atoms with Crippen LogP contribution < -0.4 is 9.47 Å². The number of ether oxygens (including phenoxy) is 2. The lowest BCUT2D eigenvalue weighted by atomic mass is 9.96. The van der Waals surface area contributed by atoms with Gasteiger partial charge in [-0.25, -0.2) is 8.42 Å². The molecular weight excluding hydrogens is 456 g/mol. The van der Waals surface area contributed by atoms with Gasteiger partial charge in [0.1, 0.15) is 6.61 Å². The van der Waals surface area contributed by atoms with Gasteiger partial charge in [-0.15, -0.1) is 0 Å². The summed E-state index contributed by atoms with van der Waals surface area (Å²) in [5.41, 5.74) is 0.362. The van der Waals surface area contributed by atoms with Gasteiger partial charge < -0.3 is 14.4 Å². The number of Topliss-reactive ketones (excluding diaryl/α,β-unsaturated/α-hetero) is 1. The smallest absolute Gasteiger partial charge is 0.243 e. The van der Waals surface area contributed by atoms with E-state index < -0.39 is 10.0 Å². The van der Waals surface area contributed by atoms with Crippen LogP contribution in [0.15, 0.2) is 53.4 Å². The lowest BCUT2D eigenvalue weighted by molar-refractivity contribution is -0.138.